The van der Waals surface area contributed by atoms with Crippen molar-refractivity contribution in [2.24, 2.45) is 0 Å². The minimum absolute atomic E-state index is 0.576. The molecule has 0 spiro atoms. The molecule has 0 bridgehead atoms. The van der Waals surface area contributed by atoms with Gasteiger partial charge in [0.1, 0.15) is 0 Å². The van der Waals surface area contributed by atoms with Crippen molar-refractivity contribution in [3.8, 4) is 0 Å². The maximum atomic E-state index is 11.3. The third kappa shape index (κ3) is 1.77. The topological polar surface area (TPSA) is 46.5 Å². The molecule has 0 aromatic heterocycles. The van der Waals surface area contributed by atoms with Gasteiger partial charge in [-0.25, -0.2) is 4.79 Å². The summed E-state index contributed by atoms with van der Waals surface area (Å²) in [5.41, 5.74) is -0.130. The van der Waals surface area contributed by atoms with E-state index >= 15 is 0 Å². The number of rotatable bonds is 2. The summed E-state index contributed by atoms with van der Waals surface area (Å²) in [5.74, 6) is -0.646. The van der Waals surface area contributed by atoms with E-state index in [1.165, 1.54) is 14.0 Å². The van der Waals surface area contributed by atoms with E-state index in [0.29, 0.717) is 5.56 Å². The Morgan fingerprint density at radius 3 is 2.50 bits per heavy atom. The van der Waals surface area contributed by atoms with E-state index in [9.17, 15) is 9.90 Å². The summed E-state index contributed by atoms with van der Waals surface area (Å²) in [5, 5.41) is 9.96. The Morgan fingerprint density at radius 1 is 1.43 bits per heavy atom. The van der Waals surface area contributed by atoms with Gasteiger partial charge < -0.3 is 9.84 Å². The van der Waals surface area contributed by atoms with Gasteiger partial charge in [-0.1, -0.05) is 24.3 Å². The molecular weight excluding hydrogens is 180 g/mol. The predicted molar refractivity (Wildman–Crippen MR) is 52.8 cm³/mol. The largest absolute Gasteiger partial charge is 0.467 e. The lowest BCUT2D eigenvalue weighted by Gasteiger charge is -2.22. The number of benzene rings is 1. The van der Waals surface area contributed by atoms with Gasteiger partial charge in [0.05, 0.1) is 7.11 Å². The van der Waals surface area contributed by atoms with Crippen molar-refractivity contribution in [1.29, 1.82) is 0 Å². The molecule has 0 aliphatic rings. The maximum Gasteiger partial charge on any atom is 0.342 e. The van der Waals surface area contributed by atoms with Crippen LogP contribution in [0.3, 0.4) is 0 Å². The van der Waals surface area contributed by atoms with Crippen LogP contribution in [0.4, 0.5) is 0 Å². The number of esters is 1. The minimum atomic E-state index is -1.57. The van der Waals surface area contributed by atoms with Crippen LogP contribution in [0, 0.1) is 6.92 Å². The molecule has 1 unspecified atom stereocenters. The lowest BCUT2D eigenvalue weighted by Crippen LogP contribution is -2.34. The highest BCUT2D eigenvalue weighted by molar-refractivity contribution is 5.80. The molecule has 0 heterocycles. The Bertz CT molecular complexity index is 342. The second kappa shape index (κ2) is 3.80. The summed E-state index contributed by atoms with van der Waals surface area (Å²) in [6.07, 6.45) is 0. The van der Waals surface area contributed by atoms with Crippen LogP contribution < -0.4 is 0 Å². The van der Waals surface area contributed by atoms with Crippen molar-refractivity contribution in [2.45, 2.75) is 19.4 Å². The van der Waals surface area contributed by atoms with Crippen LogP contribution in [0.1, 0.15) is 18.1 Å². The molecule has 0 fully saturated rings. The van der Waals surface area contributed by atoms with Crippen LogP contribution in [0.2, 0.25) is 0 Å². The first-order chi connectivity index (χ1) is 6.50. The van der Waals surface area contributed by atoms with Crippen LogP contribution in [0.25, 0.3) is 0 Å². The quantitative estimate of drug-likeness (QED) is 0.723. The molecule has 3 heteroatoms. The Kier molecular flexibility index (Phi) is 2.91. The van der Waals surface area contributed by atoms with E-state index in [2.05, 4.69) is 4.74 Å². The number of carbonyl (C=O) groups is 1. The summed E-state index contributed by atoms with van der Waals surface area (Å²) in [6, 6.07) is 7.19. The molecule has 0 saturated carbocycles. The highest BCUT2D eigenvalue weighted by Gasteiger charge is 2.34. The van der Waals surface area contributed by atoms with Crippen molar-refractivity contribution >= 4 is 5.97 Å². The van der Waals surface area contributed by atoms with Gasteiger partial charge in [-0.15, -0.1) is 0 Å². The highest BCUT2D eigenvalue weighted by atomic mass is 16.5. The van der Waals surface area contributed by atoms with Crippen LogP contribution in [-0.4, -0.2) is 18.2 Å². The standard InChI is InChI=1S/C11H14O3/c1-8-6-4-5-7-9(8)11(2,13)10(12)14-3/h4-7,13H,1-3H3. The molecule has 3 nitrogen and oxygen atoms in total. The molecule has 0 aliphatic heterocycles. The molecule has 0 radical (unpaired) electrons. The minimum Gasteiger partial charge on any atom is -0.467 e. The van der Waals surface area contributed by atoms with Crippen molar-refractivity contribution in [1.82, 2.24) is 0 Å². The number of methoxy groups -OCH3 is 1. The van der Waals surface area contributed by atoms with Crippen LogP contribution in [0.15, 0.2) is 24.3 Å². The first-order valence-corrected chi connectivity index (χ1v) is 4.37. The van der Waals surface area contributed by atoms with Crippen LogP contribution in [0.5, 0.6) is 0 Å². The fourth-order valence-electron chi connectivity index (χ4n) is 1.43. The monoisotopic (exact) mass is 194 g/mol. The van der Waals surface area contributed by atoms with Gasteiger partial charge in [-0.3, -0.25) is 0 Å². The van der Waals surface area contributed by atoms with E-state index in [4.69, 9.17) is 0 Å². The van der Waals surface area contributed by atoms with E-state index < -0.39 is 11.6 Å². The van der Waals surface area contributed by atoms with Gasteiger partial charge in [0, 0.05) is 0 Å². The van der Waals surface area contributed by atoms with Gasteiger partial charge in [0.15, 0.2) is 5.60 Å². The summed E-state index contributed by atoms with van der Waals surface area (Å²) >= 11 is 0. The average molecular weight is 194 g/mol. The lowest BCUT2D eigenvalue weighted by molar-refractivity contribution is -0.161. The third-order valence-electron chi connectivity index (χ3n) is 2.25. The molecule has 1 aromatic rings. The van der Waals surface area contributed by atoms with Crippen molar-refractivity contribution in [2.75, 3.05) is 7.11 Å². The summed E-state index contributed by atoms with van der Waals surface area (Å²) in [6.45, 7) is 3.27. The van der Waals surface area contributed by atoms with Gasteiger partial charge >= 0.3 is 5.97 Å². The number of carbonyl (C=O) groups excluding carboxylic acids is 1. The summed E-state index contributed by atoms with van der Waals surface area (Å²) in [7, 11) is 1.26. The van der Waals surface area contributed by atoms with Gasteiger partial charge in [0.2, 0.25) is 0 Å². The highest BCUT2D eigenvalue weighted by Crippen LogP contribution is 2.24. The Hall–Kier alpha value is -1.35. The number of ether oxygens (including phenoxy) is 1. The first-order valence-electron chi connectivity index (χ1n) is 4.37. The van der Waals surface area contributed by atoms with Crippen molar-refractivity contribution < 1.29 is 14.6 Å². The second-order valence-corrected chi connectivity index (χ2v) is 3.38. The van der Waals surface area contributed by atoms with E-state index in [1.807, 2.05) is 19.1 Å². The van der Waals surface area contributed by atoms with E-state index in [0.717, 1.165) is 5.56 Å². The Balaban J connectivity index is 3.16. The van der Waals surface area contributed by atoms with Gasteiger partial charge in [-0.05, 0) is 25.0 Å². The maximum absolute atomic E-state index is 11.3. The molecule has 0 amide bonds. The third-order valence-corrected chi connectivity index (χ3v) is 2.25. The van der Waals surface area contributed by atoms with Crippen LogP contribution >= 0.6 is 0 Å². The van der Waals surface area contributed by atoms with E-state index in [-0.39, 0.29) is 0 Å². The summed E-state index contributed by atoms with van der Waals surface area (Å²) in [4.78, 5) is 11.3. The van der Waals surface area contributed by atoms with Gasteiger partial charge in [-0.2, -0.15) is 0 Å². The lowest BCUT2D eigenvalue weighted by atomic mass is 9.92. The number of hydrogen-bond donors (Lipinski definition) is 1. The molecule has 76 valence electrons. The Morgan fingerprint density at radius 2 is 2.00 bits per heavy atom. The molecule has 1 rings (SSSR count). The number of aryl methyl sites for hydroxylation is 1. The van der Waals surface area contributed by atoms with E-state index in [1.54, 1.807) is 12.1 Å². The molecule has 1 N–H and O–H groups in total. The molecule has 1 aromatic carbocycles. The number of hydrogen-bond acceptors (Lipinski definition) is 3. The zero-order valence-corrected chi connectivity index (χ0v) is 8.57. The normalized spacial score (nSPS) is 14.6. The molecule has 0 aliphatic carbocycles. The zero-order chi connectivity index (χ0) is 10.8. The molecule has 1 atom stereocenters. The first kappa shape index (κ1) is 10.7. The Labute approximate surface area is 83.3 Å². The predicted octanol–water partition coefficient (Wildman–Crippen LogP) is 1.38. The average Bonchev–Trinajstić information content (AvgIpc) is 2.17. The zero-order valence-electron chi connectivity index (χ0n) is 8.57. The van der Waals surface area contributed by atoms with Gasteiger partial charge in [0.25, 0.3) is 0 Å². The number of aliphatic hydroxyl groups is 1. The second-order valence-electron chi connectivity index (χ2n) is 3.38. The SMILES string of the molecule is COC(=O)C(C)(O)c1ccccc1C. The van der Waals surface area contributed by atoms with Crippen molar-refractivity contribution in [3.63, 3.8) is 0 Å². The molecular formula is C11H14O3. The molecule has 0 saturated heterocycles. The summed E-state index contributed by atoms with van der Waals surface area (Å²) < 4.78 is 4.54. The fourth-order valence-corrected chi connectivity index (χ4v) is 1.43. The fraction of sp³-hybridized carbons (Fsp3) is 0.364. The van der Waals surface area contributed by atoms with Crippen LogP contribution in [-0.2, 0) is 15.1 Å². The molecule has 14 heavy (non-hydrogen) atoms. The smallest absolute Gasteiger partial charge is 0.342 e. The van der Waals surface area contributed by atoms with Crippen molar-refractivity contribution in [3.05, 3.63) is 35.4 Å².